The molecular formula is C17H21N3O2. The summed E-state index contributed by atoms with van der Waals surface area (Å²) in [6, 6.07) is 7.51. The summed E-state index contributed by atoms with van der Waals surface area (Å²) in [7, 11) is 0. The first-order valence-electron chi connectivity index (χ1n) is 7.72. The number of benzene rings is 1. The van der Waals surface area contributed by atoms with Crippen molar-refractivity contribution in [2.24, 2.45) is 0 Å². The van der Waals surface area contributed by atoms with Crippen LogP contribution in [0.25, 0.3) is 11.5 Å². The first-order valence-corrected chi connectivity index (χ1v) is 7.72. The maximum atomic E-state index is 12.3. The van der Waals surface area contributed by atoms with Crippen LogP contribution in [-0.4, -0.2) is 23.5 Å². The molecule has 5 heteroatoms. The Morgan fingerprint density at radius 1 is 1.36 bits per heavy atom. The van der Waals surface area contributed by atoms with Crippen LogP contribution in [0.5, 0.6) is 0 Å². The zero-order chi connectivity index (χ0) is 15.5. The van der Waals surface area contributed by atoms with E-state index in [0.29, 0.717) is 5.89 Å². The molecule has 22 heavy (non-hydrogen) atoms. The number of aromatic nitrogens is 1. The number of amides is 1. The first-order chi connectivity index (χ1) is 10.6. The molecule has 1 fully saturated rings. The number of hydrogen-bond donors (Lipinski definition) is 2. The predicted octanol–water partition coefficient (Wildman–Crippen LogP) is 3.04. The van der Waals surface area contributed by atoms with Gasteiger partial charge in [0.1, 0.15) is 5.76 Å². The third-order valence-corrected chi connectivity index (χ3v) is 4.03. The highest BCUT2D eigenvalue weighted by Gasteiger charge is 2.20. The fourth-order valence-corrected chi connectivity index (χ4v) is 2.63. The lowest BCUT2D eigenvalue weighted by atomic mass is 10.0. The van der Waals surface area contributed by atoms with Gasteiger partial charge in [0.25, 0.3) is 0 Å². The minimum atomic E-state index is -0.0939. The number of aryl methyl sites for hydroxylation is 2. The maximum absolute atomic E-state index is 12.3. The molecule has 0 saturated carbocycles. The number of nitrogens with zero attached hydrogens (tertiary/aromatic N) is 1. The molecule has 0 bridgehead atoms. The number of carbonyl (C=O) groups is 1. The summed E-state index contributed by atoms with van der Waals surface area (Å²) in [6.07, 6.45) is 3.13. The standard InChI is InChI=1S/C17H21N3O2/c1-11-12(2)22-17(19-11)13-6-5-7-14(10-13)20-16(21)15-8-3-4-9-18-15/h5-7,10,15,18H,3-4,8-9H2,1-2H3,(H,20,21). The molecule has 2 N–H and O–H groups in total. The van der Waals surface area contributed by atoms with Crippen molar-refractivity contribution in [3.05, 3.63) is 35.7 Å². The normalized spacial score (nSPS) is 18.2. The summed E-state index contributed by atoms with van der Waals surface area (Å²) >= 11 is 0. The summed E-state index contributed by atoms with van der Waals surface area (Å²) in [4.78, 5) is 16.7. The molecule has 2 aromatic rings. The fraction of sp³-hybridized carbons (Fsp3) is 0.412. The Balaban J connectivity index is 1.74. The summed E-state index contributed by atoms with van der Waals surface area (Å²) in [5.74, 6) is 1.43. The van der Waals surface area contributed by atoms with Crippen molar-refractivity contribution in [3.63, 3.8) is 0 Å². The molecule has 1 saturated heterocycles. The quantitative estimate of drug-likeness (QED) is 0.914. The van der Waals surface area contributed by atoms with E-state index in [1.165, 1.54) is 0 Å². The number of rotatable bonds is 3. The average Bonchev–Trinajstić information content (AvgIpc) is 2.88. The molecule has 116 valence electrons. The van der Waals surface area contributed by atoms with E-state index in [2.05, 4.69) is 15.6 Å². The number of anilines is 1. The van der Waals surface area contributed by atoms with E-state index >= 15 is 0 Å². The molecule has 1 aliphatic heterocycles. The highest BCUT2D eigenvalue weighted by atomic mass is 16.4. The van der Waals surface area contributed by atoms with Crippen molar-refractivity contribution in [3.8, 4) is 11.5 Å². The van der Waals surface area contributed by atoms with Gasteiger partial charge in [-0.3, -0.25) is 4.79 Å². The summed E-state index contributed by atoms with van der Waals surface area (Å²) in [5.41, 5.74) is 2.52. The monoisotopic (exact) mass is 299 g/mol. The van der Waals surface area contributed by atoms with Crippen molar-refractivity contribution in [2.75, 3.05) is 11.9 Å². The minimum absolute atomic E-state index is 0.0246. The Morgan fingerprint density at radius 3 is 2.91 bits per heavy atom. The van der Waals surface area contributed by atoms with Crippen LogP contribution >= 0.6 is 0 Å². The first kappa shape index (κ1) is 14.8. The van der Waals surface area contributed by atoms with Gasteiger partial charge in [0.05, 0.1) is 11.7 Å². The third kappa shape index (κ3) is 3.20. The molecule has 1 amide bonds. The molecule has 1 aromatic heterocycles. The van der Waals surface area contributed by atoms with E-state index in [1.807, 2.05) is 38.1 Å². The van der Waals surface area contributed by atoms with Crippen molar-refractivity contribution in [1.82, 2.24) is 10.3 Å². The van der Waals surface area contributed by atoms with Gasteiger partial charge in [0.2, 0.25) is 11.8 Å². The number of oxazole rings is 1. The van der Waals surface area contributed by atoms with Gasteiger partial charge in [-0.15, -0.1) is 0 Å². The molecule has 3 rings (SSSR count). The molecule has 0 spiro atoms. The Bertz CT molecular complexity index is 653. The van der Waals surface area contributed by atoms with Gasteiger partial charge in [-0.25, -0.2) is 4.98 Å². The molecule has 0 radical (unpaired) electrons. The van der Waals surface area contributed by atoms with Crippen LogP contribution in [0, 0.1) is 13.8 Å². The van der Waals surface area contributed by atoms with E-state index < -0.39 is 0 Å². The zero-order valence-corrected chi connectivity index (χ0v) is 13.0. The van der Waals surface area contributed by atoms with Crippen molar-refractivity contribution < 1.29 is 9.21 Å². The van der Waals surface area contributed by atoms with Crippen LogP contribution in [-0.2, 0) is 4.79 Å². The van der Waals surface area contributed by atoms with Crippen LogP contribution in [0.1, 0.15) is 30.7 Å². The molecular weight excluding hydrogens is 278 g/mol. The molecule has 0 aliphatic carbocycles. The highest BCUT2D eigenvalue weighted by Crippen LogP contribution is 2.24. The fourth-order valence-electron chi connectivity index (χ4n) is 2.63. The smallest absolute Gasteiger partial charge is 0.241 e. The summed E-state index contributed by atoms with van der Waals surface area (Å²) in [5, 5.41) is 6.23. The van der Waals surface area contributed by atoms with Gasteiger partial charge >= 0.3 is 0 Å². The predicted molar refractivity (Wildman–Crippen MR) is 85.7 cm³/mol. The van der Waals surface area contributed by atoms with Gasteiger partial charge in [0.15, 0.2) is 0 Å². The lowest BCUT2D eigenvalue weighted by Crippen LogP contribution is -2.43. The van der Waals surface area contributed by atoms with E-state index in [-0.39, 0.29) is 11.9 Å². The van der Waals surface area contributed by atoms with E-state index in [0.717, 1.165) is 48.5 Å². The van der Waals surface area contributed by atoms with Gasteiger partial charge in [-0.05, 0) is 51.4 Å². The summed E-state index contributed by atoms with van der Waals surface area (Å²) in [6.45, 7) is 4.72. The van der Waals surface area contributed by atoms with Crippen LogP contribution < -0.4 is 10.6 Å². The number of nitrogens with one attached hydrogen (secondary N) is 2. The van der Waals surface area contributed by atoms with Crippen LogP contribution in [0.15, 0.2) is 28.7 Å². The van der Waals surface area contributed by atoms with Gasteiger partial charge in [-0.2, -0.15) is 0 Å². The number of piperidine rings is 1. The maximum Gasteiger partial charge on any atom is 0.241 e. The molecule has 1 aliphatic rings. The topological polar surface area (TPSA) is 67.2 Å². The SMILES string of the molecule is Cc1nc(-c2cccc(NC(=O)C3CCCCN3)c2)oc1C. The van der Waals surface area contributed by atoms with Crippen LogP contribution in [0.4, 0.5) is 5.69 Å². The second-order valence-electron chi connectivity index (χ2n) is 5.73. The van der Waals surface area contributed by atoms with Crippen LogP contribution in [0.2, 0.25) is 0 Å². The van der Waals surface area contributed by atoms with E-state index in [9.17, 15) is 4.79 Å². The van der Waals surface area contributed by atoms with Crippen LogP contribution in [0.3, 0.4) is 0 Å². The Kier molecular flexibility index (Phi) is 4.24. The van der Waals surface area contributed by atoms with Gasteiger partial charge in [0, 0.05) is 11.3 Å². The second kappa shape index (κ2) is 6.32. The average molecular weight is 299 g/mol. The lowest BCUT2D eigenvalue weighted by molar-refractivity contribution is -0.118. The van der Waals surface area contributed by atoms with Crippen molar-refractivity contribution in [2.45, 2.75) is 39.2 Å². The second-order valence-corrected chi connectivity index (χ2v) is 5.73. The van der Waals surface area contributed by atoms with Crippen molar-refractivity contribution >= 4 is 11.6 Å². The molecule has 2 heterocycles. The Morgan fingerprint density at radius 2 is 2.23 bits per heavy atom. The number of hydrogen-bond acceptors (Lipinski definition) is 4. The van der Waals surface area contributed by atoms with E-state index in [4.69, 9.17) is 4.42 Å². The molecule has 1 unspecified atom stereocenters. The Hall–Kier alpha value is -2.14. The molecule has 1 atom stereocenters. The number of carbonyl (C=O) groups excluding carboxylic acids is 1. The van der Waals surface area contributed by atoms with Crippen molar-refractivity contribution in [1.29, 1.82) is 0 Å². The lowest BCUT2D eigenvalue weighted by Gasteiger charge is -2.22. The van der Waals surface area contributed by atoms with Gasteiger partial charge < -0.3 is 15.1 Å². The van der Waals surface area contributed by atoms with E-state index in [1.54, 1.807) is 0 Å². The Labute approximate surface area is 130 Å². The molecule has 5 nitrogen and oxygen atoms in total. The van der Waals surface area contributed by atoms with Gasteiger partial charge in [-0.1, -0.05) is 12.5 Å². The largest absolute Gasteiger partial charge is 0.441 e. The molecule has 1 aromatic carbocycles. The highest BCUT2D eigenvalue weighted by molar-refractivity contribution is 5.95. The zero-order valence-electron chi connectivity index (χ0n) is 13.0. The third-order valence-electron chi connectivity index (χ3n) is 4.03. The minimum Gasteiger partial charge on any atom is -0.441 e. The summed E-state index contributed by atoms with van der Waals surface area (Å²) < 4.78 is 5.64.